The first kappa shape index (κ1) is 14.6. The highest BCUT2D eigenvalue weighted by Gasteiger charge is 2.20. The van der Waals surface area contributed by atoms with Gasteiger partial charge in [0.05, 0.1) is 27.7 Å². The van der Waals surface area contributed by atoms with Gasteiger partial charge in [0, 0.05) is 6.54 Å². The average molecular weight is 287 g/mol. The van der Waals surface area contributed by atoms with Crippen molar-refractivity contribution >= 4 is 34.9 Å². The van der Waals surface area contributed by atoms with Crippen molar-refractivity contribution < 1.29 is 9.90 Å². The summed E-state index contributed by atoms with van der Waals surface area (Å²) in [5, 5.41) is 18.5. The van der Waals surface area contributed by atoms with E-state index in [1.54, 1.807) is 30.0 Å². The predicted molar refractivity (Wildman–Crippen MR) is 71.1 cm³/mol. The maximum absolute atomic E-state index is 10.9. The summed E-state index contributed by atoms with van der Waals surface area (Å²) in [4.78, 5) is 12.4. The third-order valence-electron chi connectivity index (χ3n) is 2.43. The Hall–Kier alpha value is -1.44. The lowest BCUT2D eigenvalue weighted by molar-refractivity contribution is -0.140. The van der Waals surface area contributed by atoms with Gasteiger partial charge in [0.1, 0.15) is 6.54 Å². The van der Waals surface area contributed by atoms with Crippen LogP contribution in [0.3, 0.4) is 0 Å². The van der Waals surface area contributed by atoms with Gasteiger partial charge < -0.3 is 10.0 Å². The van der Waals surface area contributed by atoms with Gasteiger partial charge in [0.2, 0.25) is 0 Å². The SMILES string of the molecule is CC(CN(CC#N)c1c(Cl)cccc1Cl)C(=O)O. The van der Waals surface area contributed by atoms with E-state index in [0.29, 0.717) is 15.7 Å². The Labute approximate surface area is 115 Å². The Bertz CT molecular complexity index is 465. The smallest absolute Gasteiger partial charge is 0.308 e. The minimum Gasteiger partial charge on any atom is -0.481 e. The molecule has 0 fully saturated rings. The molecule has 0 aliphatic heterocycles. The van der Waals surface area contributed by atoms with Crippen molar-refractivity contribution in [2.75, 3.05) is 18.0 Å². The molecule has 1 aromatic carbocycles. The number of carboxylic acid groups (broad SMARTS) is 1. The average Bonchev–Trinajstić information content (AvgIpc) is 2.28. The van der Waals surface area contributed by atoms with Crippen LogP contribution in [-0.4, -0.2) is 24.2 Å². The zero-order chi connectivity index (χ0) is 13.7. The second-order valence-electron chi connectivity index (χ2n) is 3.85. The maximum atomic E-state index is 10.9. The predicted octanol–water partition coefficient (Wildman–Crippen LogP) is 3.04. The van der Waals surface area contributed by atoms with Crippen molar-refractivity contribution in [1.29, 1.82) is 5.26 Å². The molecule has 0 spiro atoms. The lowest BCUT2D eigenvalue weighted by atomic mass is 10.1. The molecule has 1 aromatic rings. The van der Waals surface area contributed by atoms with E-state index in [2.05, 4.69) is 0 Å². The highest BCUT2D eigenvalue weighted by molar-refractivity contribution is 6.39. The molecule has 1 rings (SSSR count). The lowest BCUT2D eigenvalue weighted by Gasteiger charge is -2.25. The number of para-hydroxylation sites is 1. The van der Waals surface area contributed by atoms with Gasteiger partial charge in [-0.1, -0.05) is 36.2 Å². The van der Waals surface area contributed by atoms with Crippen LogP contribution in [0.5, 0.6) is 0 Å². The Morgan fingerprint density at radius 1 is 1.50 bits per heavy atom. The topological polar surface area (TPSA) is 64.3 Å². The highest BCUT2D eigenvalue weighted by atomic mass is 35.5. The molecule has 0 bridgehead atoms. The molecule has 0 radical (unpaired) electrons. The fourth-order valence-corrected chi connectivity index (χ4v) is 2.16. The van der Waals surface area contributed by atoms with Crippen molar-refractivity contribution in [1.82, 2.24) is 0 Å². The normalized spacial score (nSPS) is 11.7. The molecule has 18 heavy (non-hydrogen) atoms. The van der Waals surface area contributed by atoms with Crippen molar-refractivity contribution in [3.8, 4) is 6.07 Å². The van der Waals surface area contributed by atoms with Gasteiger partial charge in [-0.05, 0) is 12.1 Å². The molecule has 0 aromatic heterocycles. The monoisotopic (exact) mass is 286 g/mol. The number of nitriles is 1. The molecule has 0 heterocycles. The summed E-state index contributed by atoms with van der Waals surface area (Å²) in [6.45, 7) is 1.77. The number of nitrogens with zero attached hydrogens (tertiary/aromatic N) is 2. The fraction of sp³-hybridized carbons (Fsp3) is 0.333. The van der Waals surface area contributed by atoms with E-state index in [1.165, 1.54) is 0 Å². The molecule has 1 unspecified atom stereocenters. The summed E-state index contributed by atoms with van der Waals surface area (Å²) in [6, 6.07) is 6.98. The standard InChI is InChI=1S/C12H12Cl2N2O2/c1-8(12(17)18)7-16(6-5-15)11-9(13)3-2-4-10(11)14/h2-4,8H,6-7H2,1H3,(H,17,18). The minimum atomic E-state index is -0.930. The van der Waals surface area contributed by atoms with Crippen LogP contribution in [0.15, 0.2) is 18.2 Å². The maximum Gasteiger partial charge on any atom is 0.308 e. The molecule has 0 amide bonds. The second kappa shape index (κ2) is 6.48. The quantitative estimate of drug-likeness (QED) is 0.845. The van der Waals surface area contributed by atoms with E-state index < -0.39 is 11.9 Å². The van der Waals surface area contributed by atoms with Gasteiger partial charge in [0.15, 0.2) is 0 Å². The van der Waals surface area contributed by atoms with Gasteiger partial charge in [0.25, 0.3) is 0 Å². The number of carboxylic acids is 1. The Kier molecular flexibility index (Phi) is 5.26. The number of benzene rings is 1. The number of hydrogen-bond acceptors (Lipinski definition) is 3. The van der Waals surface area contributed by atoms with Crippen molar-refractivity contribution in [2.24, 2.45) is 5.92 Å². The van der Waals surface area contributed by atoms with Gasteiger partial charge in [-0.15, -0.1) is 0 Å². The molecule has 0 aliphatic rings. The lowest BCUT2D eigenvalue weighted by Crippen LogP contribution is -2.32. The van der Waals surface area contributed by atoms with Crippen LogP contribution < -0.4 is 4.90 Å². The number of halogens is 2. The third-order valence-corrected chi connectivity index (χ3v) is 3.04. The van der Waals surface area contributed by atoms with E-state index in [9.17, 15) is 4.79 Å². The summed E-state index contributed by atoms with van der Waals surface area (Å²) in [6.07, 6.45) is 0. The summed E-state index contributed by atoms with van der Waals surface area (Å²) >= 11 is 12.1. The van der Waals surface area contributed by atoms with Gasteiger partial charge in [-0.2, -0.15) is 5.26 Å². The molecule has 4 nitrogen and oxygen atoms in total. The van der Waals surface area contributed by atoms with E-state index in [1.807, 2.05) is 6.07 Å². The zero-order valence-corrected chi connectivity index (χ0v) is 11.2. The number of rotatable bonds is 5. The van der Waals surface area contributed by atoms with Crippen LogP contribution in [0.4, 0.5) is 5.69 Å². The zero-order valence-electron chi connectivity index (χ0n) is 9.73. The van der Waals surface area contributed by atoms with E-state index in [0.717, 1.165) is 0 Å². The van der Waals surface area contributed by atoms with Crippen LogP contribution in [0.2, 0.25) is 10.0 Å². The Morgan fingerprint density at radius 3 is 2.50 bits per heavy atom. The van der Waals surface area contributed by atoms with E-state index in [4.69, 9.17) is 33.6 Å². The number of hydrogen-bond donors (Lipinski definition) is 1. The van der Waals surface area contributed by atoms with Crippen LogP contribution in [0.25, 0.3) is 0 Å². The highest BCUT2D eigenvalue weighted by Crippen LogP contribution is 2.33. The molecule has 6 heteroatoms. The van der Waals surface area contributed by atoms with Crippen molar-refractivity contribution in [2.45, 2.75) is 6.92 Å². The summed E-state index contributed by atoms with van der Waals surface area (Å²) < 4.78 is 0. The number of carbonyl (C=O) groups is 1. The van der Waals surface area contributed by atoms with Gasteiger partial charge in [-0.3, -0.25) is 4.79 Å². The van der Waals surface area contributed by atoms with Crippen LogP contribution in [-0.2, 0) is 4.79 Å². The molecule has 0 aliphatic carbocycles. The molecule has 96 valence electrons. The Balaban J connectivity index is 3.05. The number of aliphatic carboxylic acids is 1. The van der Waals surface area contributed by atoms with E-state index >= 15 is 0 Å². The third kappa shape index (κ3) is 3.52. The van der Waals surface area contributed by atoms with Crippen LogP contribution in [0, 0.1) is 17.2 Å². The molecular weight excluding hydrogens is 275 g/mol. The largest absolute Gasteiger partial charge is 0.481 e. The second-order valence-corrected chi connectivity index (χ2v) is 4.66. The fourth-order valence-electron chi connectivity index (χ4n) is 1.52. The summed E-state index contributed by atoms with van der Waals surface area (Å²) in [5.74, 6) is -1.55. The minimum absolute atomic E-state index is 0.0288. The summed E-state index contributed by atoms with van der Waals surface area (Å²) in [7, 11) is 0. The molecule has 1 atom stereocenters. The number of anilines is 1. The van der Waals surface area contributed by atoms with Crippen LogP contribution >= 0.6 is 23.2 Å². The van der Waals surface area contributed by atoms with Crippen molar-refractivity contribution in [3.63, 3.8) is 0 Å². The van der Waals surface area contributed by atoms with Gasteiger partial charge in [-0.25, -0.2) is 0 Å². The molecule has 0 saturated carbocycles. The molecule has 1 N–H and O–H groups in total. The van der Waals surface area contributed by atoms with Gasteiger partial charge >= 0.3 is 5.97 Å². The summed E-state index contributed by atoms with van der Waals surface area (Å²) in [5.41, 5.74) is 0.496. The first-order valence-corrected chi connectivity index (χ1v) is 6.01. The van der Waals surface area contributed by atoms with Crippen molar-refractivity contribution in [3.05, 3.63) is 28.2 Å². The first-order valence-electron chi connectivity index (χ1n) is 5.26. The molecule has 0 saturated heterocycles. The van der Waals surface area contributed by atoms with E-state index in [-0.39, 0.29) is 13.1 Å². The first-order chi connectivity index (χ1) is 8.47. The van der Waals surface area contributed by atoms with Crippen LogP contribution in [0.1, 0.15) is 6.92 Å². The molecular formula is C12H12Cl2N2O2. The Morgan fingerprint density at radius 2 is 2.06 bits per heavy atom.